The van der Waals surface area contributed by atoms with E-state index in [0.717, 1.165) is 16.5 Å². The van der Waals surface area contributed by atoms with Crippen molar-refractivity contribution in [3.63, 3.8) is 0 Å². The summed E-state index contributed by atoms with van der Waals surface area (Å²) >= 11 is 4.18. The van der Waals surface area contributed by atoms with Crippen LogP contribution in [0.4, 0.5) is 0 Å². The predicted molar refractivity (Wildman–Crippen MR) is 121 cm³/mol. The van der Waals surface area contributed by atoms with Gasteiger partial charge in [-0.15, -0.1) is 0 Å². The number of amides is 3. The molecule has 0 saturated carbocycles. The van der Waals surface area contributed by atoms with E-state index in [4.69, 9.17) is 5.73 Å². The quantitative estimate of drug-likeness (QED) is 0.280. The number of hydrogen-bond acceptors (Lipinski definition) is 6. The third-order valence-electron chi connectivity index (χ3n) is 5.55. The smallest absolute Gasteiger partial charge is 0.326 e. The van der Waals surface area contributed by atoms with Gasteiger partial charge in [0.2, 0.25) is 17.7 Å². The van der Waals surface area contributed by atoms with Gasteiger partial charge in [-0.3, -0.25) is 14.4 Å². The minimum Gasteiger partial charge on any atom is -0.480 e. The Balaban J connectivity index is 1.76. The Morgan fingerprint density at radius 3 is 2.66 bits per heavy atom. The summed E-state index contributed by atoms with van der Waals surface area (Å²) in [5.41, 5.74) is 7.12. The number of rotatable bonds is 9. The zero-order chi connectivity index (χ0) is 23.3. The number of hydrogen-bond donors (Lipinski definition) is 6. The number of carboxylic acid groups (broad SMARTS) is 1. The summed E-state index contributed by atoms with van der Waals surface area (Å²) in [6.07, 6.45) is 2.88. The van der Waals surface area contributed by atoms with Gasteiger partial charge < -0.3 is 31.4 Å². The topological polar surface area (TPSA) is 158 Å². The van der Waals surface area contributed by atoms with Crippen LogP contribution in [0.25, 0.3) is 10.9 Å². The van der Waals surface area contributed by atoms with E-state index < -0.39 is 41.8 Å². The summed E-state index contributed by atoms with van der Waals surface area (Å²) in [6, 6.07) is 4.64. The molecule has 2 heterocycles. The Kier molecular flexibility index (Phi) is 7.75. The molecule has 32 heavy (non-hydrogen) atoms. The first-order chi connectivity index (χ1) is 15.3. The molecule has 11 heteroatoms. The Morgan fingerprint density at radius 1 is 1.22 bits per heavy atom. The van der Waals surface area contributed by atoms with Crippen LogP contribution in [0.5, 0.6) is 0 Å². The number of nitrogens with zero attached hydrogens (tertiary/aromatic N) is 1. The molecule has 3 rings (SSSR count). The van der Waals surface area contributed by atoms with Crippen LogP contribution in [-0.4, -0.2) is 75.6 Å². The van der Waals surface area contributed by atoms with E-state index in [1.807, 2.05) is 24.3 Å². The first kappa shape index (κ1) is 23.6. The highest BCUT2D eigenvalue weighted by atomic mass is 32.1. The Labute approximate surface area is 190 Å². The Hall–Kier alpha value is -3.05. The summed E-state index contributed by atoms with van der Waals surface area (Å²) < 4.78 is 0. The average Bonchev–Trinajstić information content (AvgIpc) is 3.44. The number of para-hydroxylation sites is 1. The molecule has 1 aromatic heterocycles. The maximum absolute atomic E-state index is 13.1. The van der Waals surface area contributed by atoms with Crippen LogP contribution in [0, 0.1) is 0 Å². The fraction of sp³-hybridized carbons (Fsp3) is 0.429. The third-order valence-corrected chi connectivity index (χ3v) is 5.92. The van der Waals surface area contributed by atoms with Crippen LogP contribution in [0.2, 0.25) is 0 Å². The molecular weight excluding hydrogens is 434 g/mol. The minimum atomic E-state index is -1.08. The number of aromatic amines is 1. The molecule has 2 aromatic rings. The number of nitrogens with two attached hydrogens (primary N) is 1. The van der Waals surface area contributed by atoms with E-state index in [1.165, 1.54) is 4.90 Å². The molecule has 3 atom stereocenters. The highest BCUT2D eigenvalue weighted by molar-refractivity contribution is 7.80. The molecule has 3 unspecified atom stereocenters. The molecule has 1 aliphatic rings. The van der Waals surface area contributed by atoms with Crippen LogP contribution in [-0.2, 0) is 25.6 Å². The van der Waals surface area contributed by atoms with Crippen molar-refractivity contribution >= 4 is 47.2 Å². The number of carboxylic acids is 1. The van der Waals surface area contributed by atoms with Gasteiger partial charge in [-0.25, -0.2) is 4.79 Å². The van der Waals surface area contributed by atoms with Crippen LogP contribution in [0.1, 0.15) is 18.4 Å². The molecular formula is C21H27N5O5S. The lowest BCUT2D eigenvalue weighted by Gasteiger charge is -2.28. The molecule has 1 aliphatic heterocycles. The van der Waals surface area contributed by atoms with Crippen LogP contribution >= 0.6 is 12.6 Å². The highest BCUT2D eigenvalue weighted by Gasteiger charge is 2.38. The van der Waals surface area contributed by atoms with E-state index in [0.29, 0.717) is 19.4 Å². The van der Waals surface area contributed by atoms with Crippen LogP contribution in [0.15, 0.2) is 30.5 Å². The van der Waals surface area contributed by atoms with Gasteiger partial charge >= 0.3 is 5.97 Å². The second kappa shape index (κ2) is 10.5. The lowest BCUT2D eigenvalue weighted by Crippen LogP contribution is -2.57. The molecule has 1 aromatic carbocycles. The minimum absolute atomic E-state index is 0.0158. The fourth-order valence-corrected chi connectivity index (χ4v) is 4.18. The van der Waals surface area contributed by atoms with Gasteiger partial charge in [-0.2, -0.15) is 12.6 Å². The van der Waals surface area contributed by atoms with Crippen molar-refractivity contribution < 1.29 is 24.3 Å². The average molecular weight is 462 g/mol. The number of H-pyrrole nitrogens is 1. The third kappa shape index (κ3) is 5.22. The highest BCUT2D eigenvalue weighted by Crippen LogP contribution is 2.20. The molecule has 0 aliphatic carbocycles. The first-order valence-corrected chi connectivity index (χ1v) is 11.0. The molecule has 0 spiro atoms. The number of aliphatic carboxylic acids is 1. The summed E-state index contributed by atoms with van der Waals surface area (Å²) in [4.78, 5) is 53.7. The van der Waals surface area contributed by atoms with E-state index in [9.17, 15) is 24.3 Å². The fourth-order valence-electron chi connectivity index (χ4n) is 3.93. The maximum atomic E-state index is 13.1. The summed E-state index contributed by atoms with van der Waals surface area (Å²) in [5, 5.41) is 15.5. The Morgan fingerprint density at radius 2 is 1.97 bits per heavy atom. The number of aromatic nitrogens is 1. The second-order valence-electron chi connectivity index (χ2n) is 7.66. The van der Waals surface area contributed by atoms with Crippen LogP contribution in [0.3, 0.4) is 0 Å². The van der Waals surface area contributed by atoms with Crippen molar-refractivity contribution in [2.75, 3.05) is 18.8 Å². The lowest BCUT2D eigenvalue weighted by atomic mass is 10.0. The molecule has 1 saturated heterocycles. The standard InChI is InChI=1S/C21H27N5O5S/c22-9-18(27)24-15(8-12-10-23-14-5-2-1-4-13(12)14)19(28)25-16(11-32)20(29)26-7-3-6-17(26)21(30)31/h1-2,4-5,10,15-17,23,32H,3,6-9,11,22H2,(H,24,27)(H,25,28)(H,30,31). The van der Waals surface area contributed by atoms with Gasteiger partial charge in [-0.1, -0.05) is 18.2 Å². The van der Waals surface area contributed by atoms with Crippen molar-refractivity contribution in [1.29, 1.82) is 0 Å². The molecule has 3 amide bonds. The van der Waals surface area contributed by atoms with E-state index >= 15 is 0 Å². The normalized spacial score (nSPS) is 17.7. The van der Waals surface area contributed by atoms with Gasteiger partial charge in [-0.05, 0) is 24.5 Å². The SMILES string of the molecule is NCC(=O)NC(Cc1c[nH]c2ccccc12)C(=O)NC(CS)C(=O)N1CCCC1C(=O)O. The summed E-state index contributed by atoms with van der Waals surface area (Å²) in [7, 11) is 0. The molecule has 10 nitrogen and oxygen atoms in total. The number of carbonyl (C=O) groups excluding carboxylic acids is 3. The van der Waals surface area contributed by atoms with Gasteiger partial charge in [0.05, 0.1) is 6.54 Å². The maximum Gasteiger partial charge on any atom is 0.326 e. The Bertz CT molecular complexity index is 1010. The largest absolute Gasteiger partial charge is 0.480 e. The molecule has 6 N–H and O–H groups in total. The number of fused-ring (bicyclic) bond motifs is 1. The summed E-state index contributed by atoms with van der Waals surface area (Å²) in [5.74, 6) is -2.68. The van der Waals surface area contributed by atoms with Gasteiger partial charge in [0.25, 0.3) is 0 Å². The van der Waals surface area contributed by atoms with Gasteiger partial charge in [0, 0.05) is 35.8 Å². The van der Waals surface area contributed by atoms with Crippen molar-refractivity contribution in [2.24, 2.45) is 5.73 Å². The van der Waals surface area contributed by atoms with Crippen LogP contribution < -0.4 is 16.4 Å². The lowest BCUT2D eigenvalue weighted by molar-refractivity contribution is -0.149. The van der Waals surface area contributed by atoms with E-state index in [2.05, 4.69) is 28.2 Å². The van der Waals surface area contributed by atoms with Crippen molar-refractivity contribution in [1.82, 2.24) is 20.5 Å². The monoisotopic (exact) mass is 461 g/mol. The molecule has 0 bridgehead atoms. The number of benzene rings is 1. The van der Waals surface area contributed by atoms with Gasteiger partial charge in [0.1, 0.15) is 18.1 Å². The van der Waals surface area contributed by atoms with E-state index in [-0.39, 0.29) is 18.7 Å². The molecule has 0 radical (unpaired) electrons. The number of carbonyl (C=O) groups is 4. The van der Waals surface area contributed by atoms with Crippen molar-refractivity contribution in [2.45, 2.75) is 37.4 Å². The summed E-state index contributed by atoms with van der Waals surface area (Å²) in [6.45, 7) is 0.0132. The molecule has 1 fully saturated rings. The second-order valence-corrected chi connectivity index (χ2v) is 8.02. The molecule has 172 valence electrons. The number of thiol groups is 1. The zero-order valence-corrected chi connectivity index (χ0v) is 18.3. The van der Waals surface area contributed by atoms with Crippen molar-refractivity contribution in [3.05, 3.63) is 36.0 Å². The van der Waals surface area contributed by atoms with E-state index in [1.54, 1.807) is 6.20 Å². The number of likely N-dealkylation sites (tertiary alicyclic amines) is 1. The number of nitrogens with one attached hydrogen (secondary N) is 3. The predicted octanol–water partition coefficient (Wildman–Crippen LogP) is -0.356. The zero-order valence-electron chi connectivity index (χ0n) is 17.4. The van der Waals surface area contributed by atoms with Gasteiger partial charge in [0.15, 0.2) is 0 Å². The van der Waals surface area contributed by atoms with Crippen molar-refractivity contribution in [3.8, 4) is 0 Å². The first-order valence-electron chi connectivity index (χ1n) is 10.3.